The van der Waals surface area contributed by atoms with Crippen molar-refractivity contribution in [1.82, 2.24) is 9.97 Å². The van der Waals surface area contributed by atoms with Gasteiger partial charge in [0.15, 0.2) is 0 Å². The summed E-state index contributed by atoms with van der Waals surface area (Å²) >= 11 is 0. The minimum absolute atomic E-state index is 0.489. The highest BCUT2D eigenvalue weighted by Gasteiger charge is 2.18. The van der Waals surface area contributed by atoms with Crippen LogP contribution in [0.4, 0.5) is 0 Å². The lowest BCUT2D eigenvalue weighted by molar-refractivity contribution is 0.0734. The van der Waals surface area contributed by atoms with Crippen LogP contribution in [0.5, 0.6) is 0 Å². The summed E-state index contributed by atoms with van der Waals surface area (Å²) in [4.78, 5) is 8.68. The fourth-order valence-corrected chi connectivity index (χ4v) is 1.85. The minimum atomic E-state index is -0.953. The molecule has 0 amide bonds. The van der Waals surface area contributed by atoms with Gasteiger partial charge in [-0.1, -0.05) is 32.0 Å². The van der Waals surface area contributed by atoms with Crippen molar-refractivity contribution in [3.05, 3.63) is 47.9 Å². The van der Waals surface area contributed by atoms with Crippen molar-refractivity contribution in [2.75, 3.05) is 0 Å². The van der Waals surface area contributed by atoms with E-state index in [9.17, 15) is 5.11 Å². The molecule has 0 saturated carbocycles. The summed E-state index contributed by atoms with van der Waals surface area (Å²) in [6.45, 7) is 7.75. The Morgan fingerprint density at radius 1 is 1.11 bits per heavy atom. The van der Waals surface area contributed by atoms with Crippen molar-refractivity contribution in [2.45, 2.75) is 39.2 Å². The van der Waals surface area contributed by atoms with E-state index in [0.29, 0.717) is 11.6 Å². The van der Waals surface area contributed by atoms with Crippen LogP contribution in [-0.2, 0) is 5.60 Å². The first kappa shape index (κ1) is 13.7. The Bertz CT molecular complexity index is 554. The van der Waals surface area contributed by atoms with E-state index in [1.165, 1.54) is 5.56 Å². The van der Waals surface area contributed by atoms with Crippen molar-refractivity contribution in [1.29, 1.82) is 0 Å². The molecule has 0 unspecified atom stereocenters. The van der Waals surface area contributed by atoms with Crippen LogP contribution < -0.4 is 0 Å². The van der Waals surface area contributed by atoms with Gasteiger partial charge in [0.05, 0.1) is 23.8 Å². The first-order valence-corrected chi connectivity index (χ1v) is 6.53. The maximum atomic E-state index is 9.86. The van der Waals surface area contributed by atoms with E-state index in [1.54, 1.807) is 26.2 Å². The van der Waals surface area contributed by atoms with Gasteiger partial charge in [0, 0.05) is 5.56 Å². The van der Waals surface area contributed by atoms with E-state index in [-0.39, 0.29) is 0 Å². The summed E-state index contributed by atoms with van der Waals surface area (Å²) < 4.78 is 0. The summed E-state index contributed by atoms with van der Waals surface area (Å²) in [6.07, 6.45) is 3.35. The van der Waals surface area contributed by atoms with Crippen LogP contribution in [0, 0.1) is 0 Å². The van der Waals surface area contributed by atoms with Gasteiger partial charge in [-0.3, -0.25) is 9.97 Å². The number of hydrogen-bond acceptors (Lipinski definition) is 3. The van der Waals surface area contributed by atoms with Crippen LogP contribution in [-0.4, -0.2) is 15.1 Å². The lowest BCUT2D eigenvalue weighted by Crippen LogP contribution is -2.17. The van der Waals surface area contributed by atoms with Gasteiger partial charge in [-0.15, -0.1) is 0 Å². The molecule has 0 fully saturated rings. The molecular formula is C16H20N2O. The quantitative estimate of drug-likeness (QED) is 0.914. The number of aliphatic hydroxyl groups is 1. The molecule has 100 valence electrons. The van der Waals surface area contributed by atoms with Gasteiger partial charge in [-0.25, -0.2) is 0 Å². The minimum Gasteiger partial charge on any atom is -0.384 e. The molecule has 19 heavy (non-hydrogen) atoms. The highest BCUT2D eigenvalue weighted by atomic mass is 16.3. The molecule has 1 N–H and O–H groups in total. The number of rotatable bonds is 3. The zero-order valence-electron chi connectivity index (χ0n) is 11.9. The topological polar surface area (TPSA) is 46.0 Å². The van der Waals surface area contributed by atoms with Crippen LogP contribution in [0.1, 0.15) is 44.9 Å². The van der Waals surface area contributed by atoms with Crippen LogP contribution >= 0.6 is 0 Å². The van der Waals surface area contributed by atoms with E-state index in [0.717, 1.165) is 11.3 Å². The molecule has 3 heteroatoms. The highest BCUT2D eigenvalue weighted by Crippen LogP contribution is 2.23. The second-order valence-corrected chi connectivity index (χ2v) is 5.63. The first-order valence-electron chi connectivity index (χ1n) is 6.53. The Balaban J connectivity index is 2.35. The average molecular weight is 256 g/mol. The predicted molar refractivity (Wildman–Crippen MR) is 76.8 cm³/mol. The molecule has 1 aromatic carbocycles. The Morgan fingerprint density at radius 3 is 2.37 bits per heavy atom. The normalized spacial score (nSPS) is 11.9. The number of aromatic nitrogens is 2. The fourth-order valence-electron chi connectivity index (χ4n) is 1.85. The van der Waals surface area contributed by atoms with Crippen molar-refractivity contribution >= 4 is 0 Å². The Kier molecular flexibility index (Phi) is 3.67. The maximum Gasteiger partial charge on any atom is 0.102 e. The lowest BCUT2D eigenvalue weighted by Gasteiger charge is -2.16. The first-order chi connectivity index (χ1) is 8.88. The Labute approximate surface area is 114 Å². The van der Waals surface area contributed by atoms with Crippen LogP contribution in [0.2, 0.25) is 0 Å². The third-order valence-electron chi connectivity index (χ3n) is 3.13. The number of nitrogens with zero attached hydrogens (tertiary/aromatic N) is 2. The smallest absolute Gasteiger partial charge is 0.102 e. The molecule has 1 aromatic heterocycles. The molecule has 1 heterocycles. The second-order valence-electron chi connectivity index (χ2n) is 5.63. The summed E-state index contributed by atoms with van der Waals surface area (Å²) in [5.74, 6) is 0.489. The summed E-state index contributed by atoms with van der Waals surface area (Å²) in [7, 11) is 0. The van der Waals surface area contributed by atoms with E-state index in [4.69, 9.17) is 0 Å². The molecule has 0 bridgehead atoms. The van der Waals surface area contributed by atoms with E-state index in [2.05, 4.69) is 35.9 Å². The monoisotopic (exact) mass is 256 g/mol. The standard InChI is InChI=1S/C16H20N2O/c1-11(2)12-6-5-7-13(8-12)14-9-18-15(10-17-14)16(3,4)19/h5-11,19H,1-4H3. The molecule has 0 aliphatic carbocycles. The third kappa shape index (κ3) is 3.18. The van der Waals surface area contributed by atoms with Crippen LogP contribution in [0.15, 0.2) is 36.7 Å². The Morgan fingerprint density at radius 2 is 1.84 bits per heavy atom. The molecule has 0 aliphatic heterocycles. The van der Waals surface area contributed by atoms with Crippen LogP contribution in [0.3, 0.4) is 0 Å². The average Bonchev–Trinajstić information content (AvgIpc) is 2.38. The summed E-state index contributed by atoms with van der Waals surface area (Å²) in [6, 6.07) is 8.32. The maximum absolute atomic E-state index is 9.86. The fraction of sp³-hybridized carbons (Fsp3) is 0.375. The van der Waals surface area contributed by atoms with Crippen molar-refractivity contribution in [3.8, 4) is 11.3 Å². The zero-order valence-corrected chi connectivity index (χ0v) is 11.9. The largest absolute Gasteiger partial charge is 0.384 e. The molecule has 2 rings (SSSR count). The zero-order chi connectivity index (χ0) is 14.0. The van der Waals surface area contributed by atoms with E-state index < -0.39 is 5.60 Å². The van der Waals surface area contributed by atoms with Gasteiger partial charge < -0.3 is 5.11 Å². The van der Waals surface area contributed by atoms with Crippen molar-refractivity contribution < 1.29 is 5.11 Å². The molecule has 0 spiro atoms. The third-order valence-corrected chi connectivity index (χ3v) is 3.13. The Hall–Kier alpha value is -1.74. The van der Waals surface area contributed by atoms with Gasteiger partial charge >= 0.3 is 0 Å². The summed E-state index contributed by atoms with van der Waals surface area (Å²) in [5.41, 5.74) is 2.80. The van der Waals surface area contributed by atoms with E-state index >= 15 is 0 Å². The van der Waals surface area contributed by atoms with E-state index in [1.807, 2.05) is 12.1 Å². The molecular weight excluding hydrogens is 236 g/mol. The molecule has 0 atom stereocenters. The van der Waals surface area contributed by atoms with Gasteiger partial charge in [-0.2, -0.15) is 0 Å². The molecule has 0 saturated heterocycles. The van der Waals surface area contributed by atoms with Crippen molar-refractivity contribution in [2.24, 2.45) is 0 Å². The number of hydrogen-bond donors (Lipinski definition) is 1. The molecule has 2 aromatic rings. The lowest BCUT2D eigenvalue weighted by atomic mass is 10.00. The second kappa shape index (κ2) is 5.10. The highest BCUT2D eigenvalue weighted by molar-refractivity contribution is 5.59. The van der Waals surface area contributed by atoms with Gasteiger partial charge in [-0.05, 0) is 31.4 Å². The molecule has 0 aliphatic rings. The van der Waals surface area contributed by atoms with Gasteiger partial charge in [0.1, 0.15) is 5.60 Å². The van der Waals surface area contributed by atoms with Gasteiger partial charge in [0.25, 0.3) is 0 Å². The number of benzene rings is 1. The molecule has 3 nitrogen and oxygen atoms in total. The van der Waals surface area contributed by atoms with Crippen molar-refractivity contribution in [3.63, 3.8) is 0 Å². The van der Waals surface area contributed by atoms with Crippen LogP contribution in [0.25, 0.3) is 11.3 Å². The SMILES string of the molecule is CC(C)c1cccc(-c2cnc(C(C)(C)O)cn2)c1. The van der Waals surface area contributed by atoms with Gasteiger partial charge in [0.2, 0.25) is 0 Å². The predicted octanol–water partition coefficient (Wildman–Crippen LogP) is 3.49. The molecule has 0 radical (unpaired) electrons. The summed E-state index contributed by atoms with van der Waals surface area (Å²) in [5, 5.41) is 9.86.